The van der Waals surface area contributed by atoms with E-state index in [-0.39, 0.29) is 0 Å². The van der Waals surface area contributed by atoms with Gasteiger partial charge in [0, 0.05) is 11.1 Å². The molecule has 0 aromatic heterocycles. The Balaban J connectivity index is 2.28. The molecule has 1 aliphatic rings. The van der Waals surface area contributed by atoms with Gasteiger partial charge in [-0.2, -0.15) is 0 Å². The van der Waals surface area contributed by atoms with Crippen LogP contribution < -0.4 is 10.6 Å². The summed E-state index contributed by atoms with van der Waals surface area (Å²) in [4.78, 5) is 0. The fourth-order valence-corrected chi connectivity index (χ4v) is 8.66. The van der Waals surface area contributed by atoms with E-state index in [1.807, 2.05) is 0 Å². The molecule has 0 amide bonds. The molecule has 1 heteroatoms. The maximum atomic E-state index is 2.40. The Kier molecular flexibility index (Phi) is 3.46. The molecule has 0 N–H and O–H groups in total. The van der Waals surface area contributed by atoms with Crippen LogP contribution in [0.25, 0.3) is 11.1 Å². The minimum Gasteiger partial charge on any atom is -0.0619 e. The molecule has 1 aliphatic heterocycles. The van der Waals surface area contributed by atoms with Crippen molar-refractivity contribution in [3.8, 4) is 11.1 Å². The summed E-state index contributed by atoms with van der Waals surface area (Å²) in [5, 5.41) is 3.33. The highest BCUT2D eigenvalue weighted by Crippen LogP contribution is 2.63. The molecular weight excluding hydrogens is 247 g/mol. The van der Waals surface area contributed by atoms with E-state index in [9.17, 15) is 0 Å². The van der Waals surface area contributed by atoms with Gasteiger partial charge >= 0.3 is 0 Å². The third kappa shape index (κ3) is 1.85. The van der Waals surface area contributed by atoms with Gasteiger partial charge in [0.15, 0.2) is 0 Å². The lowest BCUT2D eigenvalue weighted by Gasteiger charge is -2.23. The Bertz CT molecular complexity index is 532. The van der Waals surface area contributed by atoms with Crippen molar-refractivity contribution in [3.63, 3.8) is 0 Å². The van der Waals surface area contributed by atoms with Gasteiger partial charge in [-0.15, -0.1) is 0 Å². The first-order chi connectivity index (χ1) is 9.33. The number of hydrogen-bond acceptors (Lipinski definition) is 0. The molecule has 2 aromatic rings. The van der Waals surface area contributed by atoms with Crippen molar-refractivity contribution in [1.29, 1.82) is 0 Å². The van der Waals surface area contributed by atoms with Crippen molar-refractivity contribution >= 4 is 17.9 Å². The second-order valence-corrected chi connectivity index (χ2v) is 9.24. The normalized spacial score (nSPS) is 15.1. The van der Waals surface area contributed by atoms with Gasteiger partial charge < -0.3 is 0 Å². The third-order valence-electron chi connectivity index (χ3n) is 4.23. The molecule has 0 unspecified atom stereocenters. The first-order valence-corrected chi connectivity index (χ1v) is 9.56. The number of rotatable bonds is 4. The molecular formula is C18H22P+. The predicted octanol–water partition coefficient (Wildman–Crippen LogP) is 4.46. The molecule has 98 valence electrons. The van der Waals surface area contributed by atoms with Gasteiger partial charge in [0.1, 0.15) is 10.6 Å². The Labute approximate surface area is 117 Å². The number of benzene rings is 2. The van der Waals surface area contributed by atoms with Crippen molar-refractivity contribution in [2.24, 2.45) is 0 Å². The quantitative estimate of drug-likeness (QED) is 0.719. The van der Waals surface area contributed by atoms with Crippen LogP contribution in [0.4, 0.5) is 0 Å². The number of hydrogen-bond donors (Lipinski definition) is 0. The maximum Gasteiger partial charge on any atom is 0.107 e. The van der Waals surface area contributed by atoms with Crippen LogP contribution in [0.2, 0.25) is 0 Å². The van der Waals surface area contributed by atoms with Crippen LogP contribution >= 0.6 is 7.26 Å². The van der Waals surface area contributed by atoms with Gasteiger partial charge in [-0.3, -0.25) is 0 Å². The fraction of sp³-hybridized carbons (Fsp3) is 0.333. The highest BCUT2D eigenvalue weighted by molar-refractivity contribution is 7.90. The molecule has 0 bridgehead atoms. The van der Waals surface area contributed by atoms with Gasteiger partial charge in [-0.05, 0) is 25.0 Å². The lowest BCUT2D eigenvalue weighted by Crippen LogP contribution is -2.22. The summed E-state index contributed by atoms with van der Waals surface area (Å²) in [7, 11) is -1.13. The van der Waals surface area contributed by atoms with Crippen LogP contribution in [0, 0.1) is 0 Å². The van der Waals surface area contributed by atoms with Gasteiger partial charge in [0.25, 0.3) is 0 Å². The van der Waals surface area contributed by atoms with Gasteiger partial charge in [0.2, 0.25) is 0 Å². The van der Waals surface area contributed by atoms with E-state index in [2.05, 4.69) is 62.4 Å². The Morgan fingerprint density at radius 2 is 1.11 bits per heavy atom. The smallest absolute Gasteiger partial charge is 0.0619 e. The topological polar surface area (TPSA) is 0 Å². The summed E-state index contributed by atoms with van der Waals surface area (Å²) in [5.74, 6) is 0. The molecule has 0 atom stereocenters. The van der Waals surface area contributed by atoms with E-state index in [1.165, 1.54) is 36.3 Å². The molecule has 0 saturated carbocycles. The van der Waals surface area contributed by atoms with Crippen molar-refractivity contribution in [2.75, 3.05) is 12.3 Å². The molecule has 0 nitrogen and oxygen atoms in total. The monoisotopic (exact) mass is 269 g/mol. The van der Waals surface area contributed by atoms with Crippen molar-refractivity contribution in [1.82, 2.24) is 0 Å². The minimum absolute atomic E-state index is 1.13. The zero-order valence-electron chi connectivity index (χ0n) is 11.9. The number of fused-ring (bicyclic) bond motifs is 3. The Morgan fingerprint density at radius 1 is 0.684 bits per heavy atom. The summed E-state index contributed by atoms with van der Waals surface area (Å²) in [5.41, 5.74) is 3.02. The minimum atomic E-state index is -1.13. The average molecular weight is 269 g/mol. The van der Waals surface area contributed by atoms with E-state index in [1.54, 1.807) is 10.6 Å². The Hall–Kier alpha value is -1.13. The summed E-state index contributed by atoms with van der Waals surface area (Å²) in [6.45, 7) is 4.67. The molecule has 0 saturated heterocycles. The van der Waals surface area contributed by atoms with E-state index in [0.29, 0.717) is 0 Å². The molecule has 1 heterocycles. The molecule has 0 spiro atoms. The van der Waals surface area contributed by atoms with Gasteiger partial charge in [-0.1, -0.05) is 50.2 Å². The van der Waals surface area contributed by atoms with E-state index in [4.69, 9.17) is 0 Å². The van der Waals surface area contributed by atoms with Crippen LogP contribution in [0.5, 0.6) is 0 Å². The summed E-state index contributed by atoms with van der Waals surface area (Å²) in [6.07, 6.45) is 5.32. The molecule has 0 fully saturated rings. The Morgan fingerprint density at radius 3 is 1.53 bits per heavy atom. The fourth-order valence-electron chi connectivity index (χ4n) is 3.64. The zero-order chi connectivity index (χ0) is 13.3. The van der Waals surface area contributed by atoms with Gasteiger partial charge in [0.05, 0.1) is 19.6 Å². The lowest BCUT2D eigenvalue weighted by molar-refractivity contribution is 1.05. The highest BCUT2D eigenvalue weighted by atomic mass is 31.2. The zero-order valence-corrected chi connectivity index (χ0v) is 12.8. The van der Waals surface area contributed by atoms with Crippen molar-refractivity contribution in [2.45, 2.75) is 26.7 Å². The summed E-state index contributed by atoms with van der Waals surface area (Å²) < 4.78 is 0. The summed E-state index contributed by atoms with van der Waals surface area (Å²) in [6, 6.07) is 18.3. The van der Waals surface area contributed by atoms with Crippen LogP contribution in [0.15, 0.2) is 48.5 Å². The van der Waals surface area contributed by atoms with E-state index in [0.717, 1.165) is 0 Å². The second-order valence-electron chi connectivity index (χ2n) is 5.45. The van der Waals surface area contributed by atoms with Gasteiger partial charge in [-0.25, -0.2) is 0 Å². The van der Waals surface area contributed by atoms with Crippen LogP contribution in [0.3, 0.4) is 0 Å². The summed E-state index contributed by atoms with van der Waals surface area (Å²) >= 11 is 0. The molecule has 0 aliphatic carbocycles. The largest absolute Gasteiger partial charge is 0.107 e. The van der Waals surface area contributed by atoms with Crippen molar-refractivity contribution in [3.05, 3.63) is 48.5 Å². The SMILES string of the molecule is CCC[P+]1(CCC)c2ccccc2-c2ccccc21. The van der Waals surface area contributed by atoms with E-state index < -0.39 is 7.26 Å². The molecule has 3 rings (SSSR count). The van der Waals surface area contributed by atoms with Crippen LogP contribution in [-0.4, -0.2) is 12.3 Å². The second kappa shape index (κ2) is 5.10. The lowest BCUT2D eigenvalue weighted by atomic mass is 10.1. The molecule has 0 radical (unpaired) electrons. The van der Waals surface area contributed by atoms with Crippen molar-refractivity contribution < 1.29 is 0 Å². The molecule has 2 aromatic carbocycles. The highest BCUT2D eigenvalue weighted by Gasteiger charge is 2.49. The third-order valence-corrected chi connectivity index (χ3v) is 9.28. The van der Waals surface area contributed by atoms with E-state index >= 15 is 0 Å². The maximum absolute atomic E-state index is 2.40. The van der Waals surface area contributed by atoms with Crippen LogP contribution in [-0.2, 0) is 0 Å². The first kappa shape index (κ1) is 12.9. The first-order valence-electron chi connectivity index (χ1n) is 7.40. The van der Waals surface area contributed by atoms with Crippen LogP contribution in [0.1, 0.15) is 26.7 Å². The standard InChI is InChI=1S/C18H22P/c1-3-13-19(14-4-2)17-11-7-5-9-15(17)16-10-6-8-12-18(16)19/h5-12H,3-4,13-14H2,1-2H3/q+1. The predicted molar refractivity (Wildman–Crippen MR) is 88.4 cm³/mol. The average Bonchev–Trinajstić information content (AvgIpc) is 2.72. The molecule has 19 heavy (non-hydrogen) atoms.